The maximum Gasteiger partial charge on any atom is 0.375 e. The third kappa shape index (κ3) is 4.30. The number of aliphatic hydroxyl groups is 6. The van der Waals surface area contributed by atoms with Crippen LogP contribution < -0.4 is 5.32 Å². The van der Waals surface area contributed by atoms with Crippen LogP contribution >= 0.6 is 0 Å². The summed E-state index contributed by atoms with van der Waals surface area (Å²) in [4.78, 5) is 22.3. The highest BCUT2D eigenvalue weighted by atomic mass is 16.7. The van der Waals surface area contributed by atoms with Crippen molar-refractivity contribution >= 4 is 11.9 Å². The second kappa shape index (κ2) is 8.35. The average Bonchev–Trinajstić information content (AvgIpc) is 2.60. The molecule has 2 heterocycles. The summed E-state index contributed by atoms with van der Waals surface area (Å²) in [7, 11) is 0. The SMILES string of the molecule is CC(=O)N[C@@H]1[C@@H](O)[C@H](O[C@@H]2OC(C(=O)O)=C(O)[C@H](O)[C@H]2O)[C@@H](CO)O[C@@H]1O. The lowest BCUT2D eigenvalue weighted by molar-refractivity contribution is -0.309. The maximum absolute atomic E-state index is 11.2. The first-order chi connectivity index (χ1) is 12.6. The van der Waals surface area contributed by atoms with E-state index in [0.717, 1.165) is 6.92 Å². The van der Waals surface area contributed by atoms with Gasteiger partial charge in [-0.25, -0.2) is 4.79 Å². The van der Waals surface area contributed by atoms with Crippen molar-refractivity contribution in [2.75, 3.05) is 6.61 Å². The van der Waals surface area contributed by atoms with Crippen LogP contribution in [-0.4, -0.2) is 103 Å². The van der Waals surface area contributed by atoms with Crippen LogP contribution in [-0.2, 0) is 23.8 Å². The van der Waals surface area contributed by atoms with Crippen LogP contribution in [0.4, 0.5) is 0 Å². The van der Waals surface area contributed by atoms with Crippen molar-refractivity contribution in [1.82, 2.24) is 5.32 Å². The fourth-order valence-electron chi connectivity index (χ4n) is 2.75. The van der Waals surface area contributed by atoms with Gasteiger partial charge in [-0.05, 0) is 0 Å². The highest BCUT2D eigenvalue weighted by Crippen LogP contribution is 2.29. The van der Waals surface area contributed by atoms with Crippen molar-refractivity contribution in [3.8, 4) is 0 Å². The number of hydrogen-bond acceptors (Lipinski definition) is 11. The molecule has 13 heteroatoms. The van der Waals surface area contributed by atoms with E-state index in [4.69, 9.17) is 19.3 Å². The van der Waals surface area contributed by atoms with Gasteiger partial charge >= 0.3 is 5.97 Å². The standard InChI is InChI=1S/C14H21NO12/c1-3(17)15-5-6(18)10(4(2-16)25-13(5)24)26-14-9(21)7(19)8(20)11(27-14)12(22)23/h4-7,9-10,13-14,16,18-21,24H,2H2,1H3,(H,15,17)(H,22,23)/t4-,5-,6-,7+,9-,10-,13+,14-/m1/s1. The Bertz CT molecular complexity index is 609. The maximum atomic E-state index is 11.2. The first kappa shape index (κ1) is 21.3. The minimum absolute atomic E-state index is 0.617. The van der Waals surface area contributed by atoms with Crippen LogP contribution in [0, 0.1) is 0 Å². The minimum atomic E-state index is -2.05. The second-order valence-corrected chi connectivity index (χ2v) is 6.01. The molecule has 154 valence electrons. The number of ether oxygens (including phenoxy) is 3. The number of rotatable bonds is 5. The molecular weight excluding hydrogens is 374 g/mol. The molecule has 2 aliphatic rings. The lowest BCUT2D eigenvalue weighted by atomic mass is 9.96. The van der Waals surface area contributed by atoms with Crippen molar-refractivity contribution in [3.05, 3.63) is 11.5 Å². The molecule has 13 nitrogen and oxygen atoms in total. The molecule has 0 aromatic rings. The number of amides is 1. The summed E-state index contributed by atoms with van der Waals surface area (Å²) in [5.74, 6) is -4.57. The fraction of sp³-hybridized carbons (Fsp3) is 0.714. The van der Waals surface area contributed by atoms with Crippen molar-refractivity contribution < 1.29 is 59.5 Å². The first-order valence-corrected chi connectivity index (χ1v) is 7.82. The monoisotopic (exact) mass is 395 g/mol. The molecule has 27 heavy (non-hydrogen) atoms. The largest absolute Gasteiger partial charge is 0.506 e. The number of carbonyl (C=O) groups excluding carboxylic acids is 1. The van der Waals surface area contributed by atoms with Crippen molar-refractivity contribution in [2.45, 2.75) is 56.1 Å². The van der Waals surface area contributed by atoms with E-state index in [-0.39, 0.29) is 0 Å². The van der Waals surface area contributed by atoms with Gasteiger partial charge in [-0.1, -0.05) is 0 Å². The molecular formula is C14H21NO12. The molecule has 0 aromatic carbocycles. The number of nitrogens with one attached hydrogen (secondary N) is 1. The van der Waals surface area contributed by atoms with Gasteiger partial charge in [0.25, 0.3) is 0 Å². The normalized spacial score (nSPS) is 39.6. The van der Waals surface area contributed by atoms with E-state index in [1.165, 1.54) is 0 Å². The molecule has 0 aromatic heterocycles. The quantitative estimate of drug-likeness (QED) is 0.223. The van der Waals surface area contributed by atoms with Crippen molar-refractivity contribution in [2.24, 2.45) is 0 Å². The molecule has 1 saturated heterocycles. The molecule has 1 amide bonds. The summed E-state index contributed by atoms with van der Waals surface area (Å²) in [6.07, 6.45) is -12.1. The third-order valence-corrected chi connectivity index (χ3v) is 4.08. The Kier molecular flexibility index (Phi) is 6.59. The molecule has 0 aliphatic carbocycles. The van der Waals surface area contributed by atoms with E-state index in [1.807, 2.05) is 0 Å². The van der Waals surface area contributed by atoms with Crippen molar-refractivity contribution in [1.29, 1.82) is 0 Å². The van der Waals surface area contributed by atoms with Gasteiger partial charge in [-0.3, -0.25) is 4.79 Å². The van der Waals surface area contributed by atoms with Crippen LogP contribution in [0.25, 0.3) is 0 Å². The van der Waals surface area contributed by atoms with Crippen LogP contribution in [0.15, 0.2) is 11.5 Å². The van der Waals surface area contributed by atoms with E-state index < -0.39 is 79.1 Å². The number of carboxylic acids is 1. The van der Waals surface area contributed by atoms with Crippen LogP contribution in [0.2, 0.25) is 0 Å². The summed E-state index contributed by atoms with van der Waals surface area (Å²) in [5.41, 5.74) is 0. The molecule has 2 rings (SSSR count). The number of aliphatic hydroxyl groups excluding tert-OH is 6. The Morgan fingerprint density at radius 2 is 1.81 bits per heavy atom. The van der Waals surface area contributed by atoms with E-state index in [1.54, 1.807) is 0 Å². The zero-order valence-electron chi connectivity index (χ0n) is 14.0. The molecule has 2 aliphatic heterocycles. The zero-order valence-corrected chi connectivity index (χ0v) is 14.0. The average molecular weight is 395 g/mol. The molecule has 8 N–H and O–H groups in total. The summed E-state index contributed by atoms with van der Waals surface area (Å²) in [6.45, 7) is 0.355. The molecule has 0 radical (unpaired) electrons. The van der Waals surface area contributed by atoms with Gasteiger partial charge in [-0.15, -0.1) is 0 Å². The minimum Gasteiger partial charge on any atom is -0.506 e. The molecule has 8 atom stereocenters. The van der Waals surface area contributed by atoms with Gasteiger partial charge in [0.2, 0.25) is 18.0 Å². The first-order valence-electron chi connectivity index (χ1n) is 7.82. The highest BCUT2D eigenvalue weighted by Gasteiger charge is 2.50. The van der Waals surface area contributed by atoms with Gasteiger partial charge in [0.1, 0.15) is 36.6 Å². The van der Waals surface area contributed by atoms with E-state index in [2.05, 4.69) is 5.32 Å². The van der Waals surface area contributed by atoms with E-state index in [0.29, 0.717) is 0 Å². The lowest BCUT2D eigenvalue weighted by Gasteiger charge is -2.44. The van der Waals surface area contributed by atoms with Gasteiger partial charge in [0.05, 0.1) is 6.61 Å². The number of carboxylic acid groups (broad SMARTS) is 1. The van der Waals surface area contributed by atoms with E-state index in [9.17, 15) is 40.2 Å². The van der Waals surface area contributed by atoms with Crippen LogP contribution in [0.3, 0.4) is 0 Å². The van der Waals surface area contributed by atoms with Gasteiger partial charge < -0.3 is 55.3 Å². The molecule has 1 fully saturated rings. The predicted molar refractivity (Wildman–Crippen MR) is 80.6 cm³/mol. The Labute approximate surface area is 152 Å². The summed E-state index contributed by atoms with van der Waals surface area (Å²) in [5, 5.41) is 70.1. The predicted octanol–water partition coefficient (Wildman–Crippen LogP) is -4.12. The van der Waals surface area contributed by atoms with Crippen LogP contribution in [0.1, 0.15) is 6.92 Å². The molecule has 0 bridgehead atoms. The topological polar surface area (TPSA) is 215 Å². The van der Waals surface area contributed by atoms with Gasteiger partial charge in [-0.2, -0.15) is 0 Å². The number of aliphatic carboxylic acids is 1. The summed E-state index contributed by atoms with van der Waals surface area (Å²) >= 11 is 0. The number of carbonyl (C=O) groups is 2. The molecule has 0 saturated carbocycles. The Morgan fingerprint density at radius 1 is 1.19 bits per heavy atom. The Hall–Kier alpha value is -2.00. The highest BCUT2D eigenvalue weighted by molar-refractivity contribution is 5.85. The zero-order chi connectivity index (χ0) is 20.5. The van der Waals surface area contributed by atoms with Crippen molar-refractivity contribution in [3.63, 3.8) is 0 Å². The Balaban J connectivity index is 2.24. The van der Waals surface area contributed by atoms with Crippen LogP contribution in [0.5, 0.6) is 0 Å². The third-order valence-electron chi connectivity index (χ3n) is 4.08. The van der Waals surface area contributed by atoms with E-state index >= 15 is 0 Å². The molecule has 0 spiro atoms. The van der Waals surface area contributed by atoms with Gasteiger partial charge in [0.15, 0.2) is 12.0 Å². The van der Waals surface area contributed by atoms with Gasteiger partial charge in [0, 0.05) is 6.92 Å². The lowest BCUT2D eigenvalue weighted by Crippen LogP contribution is -2.66. The molecule has 0 unspecified atom stereocenters. The smallest absolute Gasteiger partial charge is 0.375 e. The fourth-order valence-corrected chi connectivity index (χ4v) is 2.75. The number of hydrogen-bond donors (Lipinski definition) is 8. The summed E-state index contributed by atoms with van der Waals surface area (Å²) in [6, 6.07) is -1.37. The second-order valence-electron chi connectivity index (χ2n) is 6.01. The summed E-state index contributed by atoms with van der Waals surface area (Å²) < 4.78 is 15.2. The Morgan fingerprint density at radius 3 is 2.33 bits per heavy atom.